The molecule has 0 aliphatic rings. The van der Waals surface area contributed by atoms with E-state index < -0.39 is 0 Å². The number of imidazole rings is 1. The van der Waals surface area contributed by atoms with E-state index in [9.17, 15) is 4.79 Å². The van der Waals surface area contributed by atoms with E-state index in [4.69, 9.17) is 11.6 Å². The Kier molecular flexibility index (Phi) is 2.04. The Hall–Kier alpha value is -1.35. The number of hydrogen-bond donors (Lipinski definition) is 0. The van der Waals surface area contributed by atoms with E-state index in [1.807, 2.05) is 13.0 Å². The molecule has 4 heteroatoms. The number of aryl methyl sites for hydroxylation is 1. The first-order chi connectivity index (χ1) is 6.61. The highest BCUT2D eigenvalue weighted by Gasteiger charge is 2.11. The van der Waals surface area contributed by atoms with Gasteiger partial charge in [-0.15, -0.1) is 0 Å². The molecule has 0 atom stereocenters. The fourth-order valence-corrected chi connectivity index (χ4v) is 1.81. The molecule has 0 N–H and O–H groups in total. The Labute approximate surface area is 86.3 Å². The molecular formula is C10H9ClN2O. The first-order valence-corrected chi connectivity index (χ1v) is 4.63. The summed E-state index contributed by atoms with van der Waals surface area (Å²) < 4.78 is 1.77. The number of fused-ring (bicyclic) bond motifs is 1. The fourth-order valence-electron chi connectivity index (χ4n) is 1.54. The molecule has 3 nitrogen and oxygen atoms in total. The van der Waals surface area contributed by atoms with Crippen molar-refractivity contribution >= 4 is 22.9 Å². The number of carbonyl (C=O) groups is 1. The van der Waals surface area contributed by atoms with Crippen molar-refractivity contribution in [2.45, 2.75) is 13.8 Å². The van der Waals surface area contributed by atoms with Gasteiger partial charge in [0.15, 0.2) is 10.9 Å². The van der Waals surface area contributed by atoms with Gasteiger partial charge in [-0.3, -0.25) is 9.20 Å². The smallest absolute Gasteiger partial charge is 0.176 e. The van der Waals surface area contributed by atoms with E-state index in [1.165, 1.54) is 6.92 Å². The number of ketones is 1. The zero-order valence-electron chi connectivity index (χ0n) is 7.91. The third-order valence-corrected chi connectivity index (χ3v) is 2.42. The van der Waals surface area contributed by atoms with Crippen LogP contribution in [-0.4, -0.2) is 15.2 Å². The number of halogens is 1. The first kappa shape index (κ1) is 9.21. The van der Waals surface area contributed by atoms with Crippen LogP contribution in [0.4, 0.5) is 0 Å². The molecule has 0 fully saturated rings. The van der Waals surface area contributed by atoms with Crippen molar-refractivity contribution < 1.29 is 4.79 Å². The van der Waals surface area contributed by atoms with Crippen LogP contribution >= 0.6 is 11.6 Å². The molecule has 2 rings (SSSR count). The first-order valence-electron chi connectivity index (χ1n) is 4.26. The van der Waals surface area contributed by atoms with Crippen LogP contribution in [0.5, 0.6) is 0 Å². The van der Waals surface area contributed by atoms with Crippen molar-refractivity contribution in [2.75, 3.05) is 0 Å². The lowest BCUT2D eigenvalue weighted by Gasteiger charge is -2.02. The lowest BCUT2D eigenvalue weighted by molar-refractivity contribution is 0.101. The molecule has 0 unspecified atom stereocenters. The summed E-state index contributed by atoms with van der Waals surface area (Å²) in [4.78, 5) is 15.4. The van der Waals surface area contributed by atoms with Gasteiger partial charge in [0.05, 0.1) is 11.2 Å². The van der Waals surface area contributed by atoms with Gasteiger partial charge in [-0.1, -0.05) is 17.7 Å². The molecule has 14 heavy (non-hydrogen) atoms. The lowest BCUT2D eigenvalue weighted by Crippen LogP contribution is -2.03. The van der Waals surface area contributed by atoms with E-state index in [0.717, 1.165) is 11.3 Å². The third kappa shape index (κ3) is 1.21. The monoisotopic (exact) mass is 208 g/mol. The summed E-state index contributed by atoms with van der Waals surface area (Å²) in [5.41, 5.74) is 1.39. The summed E-state index contributed by atoms with van der Waals surface area (Å²) in [6, 6.07) is 5.41. The number of aromatic nitrogens is 2. The fraction of sp³-hybridized carbons (Fsp3) is 0.200. The van der Waals surface area contributed by atoms with Crippen LogP contribution in [0.2, 0.25) is 5.15 Å². The Bertz CT molecular complexity index is 516. The molecule has 0 saturated carbocycles. The molecular weight excluding hydrogens is 200 g/mol. The number of pyridine rings is 1. The number of hydrogen-bond acceptors (Lipinski definition) is 2. The normalized spacial score (nSPS) is 10.8. The highest BCUT2D eigenvalue weighted by Crippen LogP contribution is 2.19. The molecule has 0 aliphatic heterocycles. The molecule has 2 heterocycles. The topological polar surface area (TPSA) is 34.4 Å². The SMILES string of the molecule is CC(=O)c1cccc2c(Cl)nc(C)n12. The zero-order valence-corrected chi connectivity index (χ0v) is 8.67. The van der Waals surface area contributed by atoms with Gasteiger partial charge in [-0.25, -0.2) is 4.98 Å². The van der Waals surface area contributed by atoms with Crippen molar-refractivity contribution in [3.8, 4) is 0 Å². The van der Waals surface area contributed by atoms with Gasteiger partial charge in [0.25, 0.3) is 0 Å². The van der Waals surface area contributed by atoms with Crippen molar-refractivity contribution in [3.63, 3.8) is 0 Å². The largest absolute Gasteiger partial charge is 0.293 e. The highest BCUT2D eigenvalue weighted by atomic mass is 35.5. The van der Waals surface area contributed by atoms with Crippen LogP contribution in [0.15, 0.2) is 18.2 Å². The van der Waals surface area contributed by atoms with Gasteiger partial charge in [-0.05, 0) is 19.1 Å². The predicted molar refractivity (Wildman–Crippen MR) is 54.9 cm³/mol. The maximum absolute atomic E-state index is 11.3. The minimum absolute atomic E-state index is 0.00719. The Morgan fingerprint density at radius 2 is 2.21 bits per heavy atom. The van der Waals surface area contributed by atoms with Gasteiger partial charge in [-0.2, -0.15) is 0 Å². The summed E-state index contributed by atoms with van der Waals surface area (Å²) in [7, 11) is 0. The highest BCUT2D eigenvalue weighted by molar-refractivity contribution is 6.32. The zero-order chi connectivity index (χ0) is 10.3. The van der Waals surface area contributed by atoms with E-state index in [-0.39, 0.29) is 5.78 Å². The van der Waals surface area contributed by atoms with Crippen LogP contribution in [-0.2, 0) is 0 Å². The molecule has 0 bridgehead atoms. The standard InChI is InChI=1S/C10H9ClN2O/c1-6(14)8-4-3-5-9-10(11)12-7(2)13(8)9/h3-5H,1-2H3. The van der Waals surface area contributed by atoms with E-state index in [0.29, 0.717) is 10.8 Å². The minimum atomic E-state index is 0.00719. The molecule has 0 spiro atoms. The van der Waals surface area contributed by atoms with Gasteiger partial charge in [0.2, 0.25) is 0 Å². The second-order valence-corrected chi connectivity index (χ2v) is 3.50. The summed E-state index contributed by atoms with van der Waals surface area (Å²) >= 11 is 5.91. The molecule has 0 radical (unpaired) electrons. The van der Waals surface area contributed by atoms with Gasteiger partial charge in [0, 0.05) is 6.92 Å². The second kappa shape index (κ2) is 3.10. The van der Waals surface area contributed by atoms with Crippen LogP contribution < -0.4 is 0 Å². The van der Waals surface area contributed by atoms with E-state index in [2.05, 4.69) is 4.98 Å². The second-order valence-electron chi connectivity index (χ2n) is 3.14. The Morgan fingerprint density at radius 1 is 1.50 bits per heavy atom. The van der Waals surface area contributed by atoms with Crippen molar-refractivity contribution in [3.05, 3.63) is 34.9 Å². The lowest BCUT2D eigenvalue weighted by atomic mass is 10.2. The molecule has 72 valence electrons. The van der Waals surface area contributed by atoms with Crippen LogP contribution in [0.1, 0.15) is 23.2 Å². The Morgan fingerprint density at radius 3 is 2.86 bits per heavy atom. The maximum Gasteiger partial charge on any atom is 0.176 e. The summed E-state index contributed by atoms with van der Waals surface area (Å²) in [5.74, 6) is 0.739. The van der Waals surface area contributed by atoms with E-state index in [1.54, 1.807) is 16.5 Å². The molecule has 0 amide bonds. The predicted octanol–water partition coefficient (Wildman–Crippen LogP) is 2.50. The molecule has 0 saturated heterocycles. The molecule has 2 aromatic heterocycles. The molecule has 0 aromatic carbocycles. The quantitative estimate of drug-likeness (QED) is 0.675. The average Bonchev–Trinajstić information content (AvgIpc) is 2.43. The summed E-state index contributed by atoms with van der Waals surface area (Å²) in [5, 5.41) is 0.436. The Balaban J connectivity index is 2.92. The van der Waals surface area contributed by atoms with Gasteiger partial charge < -0.3 is 0 Å². The van der Waals surface area contributed by atoms with Crippen molar-refractivity contribution in [1.29, 1.82) is 0 Å². The molecule has 2 aromatic rings. The van der Waals surface area contributed by atoms with Crippen LogP contribution in [0.3, 0.4) is 0 Å². The number of carbonyl (C=O) groups excluding carboxylic acids is 1. The third-order valence-electron chi connectivity index (χ3n) is 2.15. The van der Waals surface area contributed by atoms with Crippen molar-refractivity contribution in [2.24, 2.45) is 0 Å². The summed E-state index contributed by atoms with van der Waals surface area (Å²) in [6.45, 7) is 3.35. The number of Topliss-reactive ketones (excluding diaryl/α,β-unsaturated/α-hetero) is 1. The van der Waals surface area contributed by atoms with Crippen molar-refractivity contribution in [1.82, 2.24) is 9.38 Å². The average molecular weight is 209 g/mol. The molecule has 0 aliphatic carbocycles. The minimum Gasteiger partial charge on any atom is -0.293 e. The summed E-state index contributed by atoms with van der Waals surface area (Å²) in [6.07, 6.45) is 0. The van der Waals surface area contributed by atoms with Crippen LogP contribution in [0.25, 0.3) is 5.52 Å². The van der Waals surface area contributed by atoms with Crippen LogP contribution in [0, 0.1) is 6.92 Å². The van der Waals surface area contributed by atoms with Gasteiger partial charge in [0.1, 0.15) is 5.82 Å². The van der Waals surface area contributed by atoms with E-state index >= 15 is 0 Å². The number of rotatable bonds is 1. The maximum atomic E-state index is 11.3. The van der Waals surface area contributed by atoms with Gasteiger partial charge >= 0.3 is 0 Å². The number of nitrogens with zero attached hydrogens (tertiary/aromatic N) is 2.